The number of fused-ring (bicyclic) bond motifs is 1. The summed E-state index contributed by atoms with van der Waals surface area (Å²) in [5, 5.41) is 25.8. The summed E-state index contributed by atoms with van der Waals surface area (Å²) in [6, 6.07) is 11.0. The van der Waals surface area contributed by atoms with Gasteiger partial charge in [0.05, 0.1) is 32.3 Å². The van der Waals surface area contributed by atoms with Crippen molar-refractivity contribution in [2.75, 3.05) is 37.5 Å². The normalized spacial score (nSPS) is 11.8. The van der Waals surface area contributed by atoms with Crippen LogP contribution in [0.3, 0.4) is 0 Å². The Bertz CT molecular complexity index is 1380. The van der Waals surface area contributed by atoms with Crippen LogP contribution < -0.4 is 25.4 Å². The molecule has 2 aromatic heterocycles. The Morgan fingerprint density at radius 1 is 1.18 bits per heavy atom. The Kier molecular flexibility index (Phi) is 9.01. The number of ether oxygens (including phenoxy) is 2. The minimum absolute atomic E-state index is 0.0265. The number of methoxy groups -OCH3 is 1. The summed E-state index contributed by atoms with van der Waals surface area (Å²) in [6.45, 7) is 3.17. The molecule has 1 atom stereocenters. The monoisotopic (exact) mass is 523 g/mol. The Balaban J connectivity index is 1.41. The maximum absolute atomic E-state index is 13.3. The molecule has 5 N–H and O–H groups in total. The van der Waals surface area contributed by atoms with E-state index in [0.717, 1.165) is 6.42 Å². The summed E-state index contributed by atoms with van der Waals surface area (Å²) < 4.78 is 24.8. The van der Waals surface area contributed by atoms with Crippen LogP contribution in [-0.2, 0) is 11.2 Å². The molecule has 0 bridgehead atoms. The van der Waals surface area contributed by atoms with Crippen molar-refractivity contribution in [3.05, 3.63) is 60.3 Å². The number of aliphatic hydroxyl groups excluding tert-OH is 1. The highest BCUT2D eigenvalue weighted by atomic mass is 19.1. The third-order valence-electron chi connectivity index (χ3n) is 5.60. The molecule has 0 saturated carbocycles. The highest BCUT2D eigenvalue weighted by Crippen LogP contribution is 2.34. The first kappa shape index (κ1) is 26.8. The lowest BCUT2D eigenvalue weighted by atomic mass is 10.2. The van der Waals surface area contributed by atoms with Crippen LogP contribution in [0.5, 0.6) is 11.5 Å². The average molecular weight is 524 g/mol. The van der Waals surface area contributed by atoms with Crippen molar-refractivity contribution < 1.29 is 23.8 Å². The van der Waals surface area contributed by atoms with Crippen LogP contribution in [0, 0.1) is 5.82 Å². The second kappa shape index (κ2) is 12.8. The molecular weight excluding hydrogens is 493 g/mol. The quantitative estimate of drug-likeness (QED) is 0.167. The Morgan fingerprint density at radius 3 is 2.84 bits per heavy atom. The average Bonchev–Trinajstić information content (AvgIpc) is 3.34. The van der Waals surface area contributed by atoms with E-state index in [2.05, 4.69) is 36.1 Å². The molecule has 0 fully saturated rings. The number of aromatic amines is 1. The maximum atomic E-state index is 13.3. The Morgan fingerprint density at radius 2 is 2.05 bits per heavy atom. The van der Waals surface area contributed by atoms with Crippen LogP contribution in [-0.4, -0.2) is 64.1 Å². The summed E-state index contributed by atoms with van der Waals surface area (Å²) >= 11 is 0. The summed E-state index contributed by atoms with van der Waals surface area (Å²) in [7, 11) is 1.56. The summed E-state index contributed by atoms with van der Waals surface area (Å²) in [4.78, 5) is 21.0. The van der Waals surface area contributed by atoms with Gasteiger partial charge in [-0.2, -0.15) is 5.10 Å². The van der Waals surface area contributed by atoms with Crippen molar-refractivity contribution >= 4 is 34.1 Å². The lowest BCUT2D eigenvalue weighted by Crippen LogP contribution is -2.30. The topological polar surface area (TPSA) is 146 Å². The van der Waals surface area contributed by atoms with E-state index in [0.29, 0.717) is 58.6 Å². The molecule has 1 unspecified atom stereocenters. The number of aromatic nitrogens is 4. The molecule has 0 aliphatic rings. The number of carbonyl (C=O) groups excluding carboxylic acids is 1. The van der Waals surface area contributed by atoms with Gasteiger partial charge in [0.15, 0.2) is 17.3 Å². The zero-order valence-corrected chi connectivity index (χ0v) is 21.1. The first-order valence-corrected chi connectivity index (χ1v) is 12.1. The molecule has 0 aliphatic heterocycles. The standard InChI is InChI=1S/C26H30FN7O4/c1-16(14-35)28-7-4-8-38-23-13-21-20(12-22(23)37-2)26(30-15-29-21)32-24-10-19(33-34-24)11-25(36)31-18-6-3-5-17(27)9-18/h3,5-6,9-10,12-13,15-16,28,35H,4,7-8,11,14H2,1-2H3,(H,31,36)(H2,29,30,32,33,34). The van der Waals surface area contributed by atoms with Gasteiger partial charge >= 0.3 is 0 Å². The first-order chi connectivity index (χ1) is 18.4. The lowest BCUT2D eigenvalue weighted by molar-refractivity contribution is -0.115. The number of H-pyrrole nitrogens is 1. The number of anilines is 3. The van der Waals surface area contributed by atoms with Gasteiger partial charge in [0.25, 0.3) is 0 Å². The number of benzene rings is 2. The van der Waals surface area contributed by atoms with Gasteiger partial charge in [0.1, 0.15) is 18.0 Å². The highest BCUT2D eigenvalue weighted by molar-refractivity contribution is 5.93. The molecule has 200 valence electrons. The van der Waals surface area contributed by atoms with Crippen molar-refractivity contribution in [3.8, 4) is 11.5 Å². The van der Waals surface area contributed by atoms with Crippen molar-refractivity contribution in [3.63, 3.8) is 0 Å². The highest BCUT2D eigenvalue weighted by Gasteiger charge is 2.14. The van der Waals surface area contributed by atoms with Gasteiger partial charge in [-0.1, -0.05) is 6.07 Å². The fourth-order valence-electron chi connectivity index (χ4n) is 3.69. The fourth-order valence-corrected chi connectivity index (χ4v) is 3.69. The molecule has 12 heteroatoms. The molecule has 0 radical (unpaired) electrons. The van der Waals surface area contributed by atoms with Crippen molar-refractivity contribution in [2.24, 2.45) is 0 Å². The summed E-state index contributed by atoms with van der Waals surface area (Å²) in [6.07, 6.45) is 2.21. The largest absolute Gasteiger partial charge is 0.493 e. The van der Waals surface area contributed by atoms with Crippen LogP contribution in [0.25, 0.3) is 10.9 Å². The van der Waals surface area contributed by atoms with Crippen molar-refractivity contribution in [2.45, 2.75) is 25.8 Å². The molecule has 0 aliphatic carbocycles. The van der Waals surface area contributed by atoms with Crippen LogP contribution >= 0.6 is 0 Å². The number of nitrogens with zero attached hydrogens (tertiary/aromatic N) is 3. The Labute approximate surface area is 218 Å². The van der Waals surface area contributed by atoms with Gasteiger partial charge in [0, 0.05) is 34.9 Å². The van der Waals surface area contributed by atoms with Crippen LogP contribution in [0.2, 0.25) is 0 Å². The van der Waals surface area contributed by atoms with Gasteiger partial charge < -0.3 is 30.5 Å². The maximum Gasteiger partial charge on any atom is 0.230 e. The molecule has 11 nitrogen and oxygen atoms in total. The summed E-state index contributed by atoms with van der Waals surface area (Å²) in [5.74, 6) is 1.32. The number of amides is 1. The van der Waals surface area contributed by atoms with E-state index in [-0.39, 0.29) is 25.0 Å². The SMILES string of the molecule is COc1cc2c(Nc3cc(CC(=O)Nc4cccc(F)c4)[nH]n3)ncnc2cc1OCCCNC(C)CO. The zero-order chi connectivity index (χ0) is 26.9. The van der Waals surface area contributed by atoms with Gasteiger partial charge in [-0.3, -0.25) is 9.89 Å². The van der Waals surface area contributed by atoms with E-state index < -0.39 is 5.82 Å². The number of carbonyl (C=O) groups is 1. The van der Waals surface area contributed by atoms with Gasteiger partial charge in [-0.05, 0) is 44.2 Å². The van der Waals surface area contributed by atoms with E-state index in [1.807, 2.05) is 6.92 Å². The van der Waals surface area contributed by atoms with Crippen molar-refractivity contribution in [1.29, 1.82) is 0 Å². The second-order valence-electron chi connectivity index (χ2n) is 8.62. The van der Waals surface area contributed by atoms with E-state index >= 15 is 0 Å². The van der Waals surface area contributed by atoms with Gasteiger partial charge in [-0.15, -0.1) is 0 Å². The predicted molar refractivity (Wildman–Crippen MR) is 141 cm³/mol. The number of hydrogen-bond acceptors (Lipinski definition) is 9. The van der Waals surface area contributed by atoms with E-state index in [1.165, 1.54) is 24.5 Å². The van der Waals surface area contributed by atoms with Crippen LogP contribution in [0.15, 0.2) is 48.8 Å². The number of aliphatic hydroxyl groups is 1. The number of nitrogens with one attached hydrogen (secondary N) is 4. The van der Waals surface area contributed by atoms with Gasteiger partial charge in [0.2, 0.25) is 5.91 Å². The zero-order valence-electron chi connectivity index (χ0n) is 21.1. The summed E-state index contributed by atoms with van der Waals surface area (Å²) in [5.41, 5.74) is 1.59. The second-order valence-corrected chi connectivity index (χ2v) is 8.62. The van der Waals surface area contributed by atoms with Crippen molar-refractivity contribution in [1.82, 2.24) is 25.5 Å². The number of halogens is 1. The molecule has 1 amide bonds. The number of rotatable bonds is 13. The first-order valence-electron chi connectivity index (χ1n) is 12.1. The molecule has 0 saturated heterocycles. The molecule has 0 spiro atoms. The molecule has 4 aromatic rings. The fraction of sp³-hybridized carbons (Fsp3) is 0.308. The minimum atomic E-state index is -0.426. The molecular formula is C26H30FN7O4. The van der Waals surface area contributed by atoms with E-state index in [9.17, 15) is 9.18 Å². The third kappa shape index (κ3) is 7.14. The molecule has 2 heterocycles. The Hall–Kier alpha value is -4.29. The molecule has 4 rings (SSSR count). The lowest BCUT2D eigenvalue weighted by Gasteiger charge is -2.14. The van der Waals surface area contributed by atoms with E-state index in [4.69, 9.17) is 14.6 Å². The van der Waals surface area contributed by atoms with E-state index in [1.54, 1.807) is 31.4 Å². The van der Waals surface area contributed by atoms with Crippen LogP contribution in [0.4, 0.5) is 21.7 Å². The van der Waals surface area contributed by atoms with Gasteiger partial charge in [-0.25, -0.2) is 14.4 Å². The smallest absolute Gasteiger partial charge is 0.230 e. The molecule has 38 heavy (non-hydrogen) atoms. The van der Waals surface area contributed by atoms with Crippen LogP contribution in [0.1, 0.15) is 19.0 Å². The predicted octanol–water partition coefficient (Wildman–Crippen LogP) is 3.16. The number of hydrogen-bond donors (Lipinski definition) is 5. The molecule has 2 aromatic carbocycles. The minimum Gasteiger partial charge on any atom is -0.493 e. The third-order valence-corrected chi connectivity index (χ3v) is 5.60.